The van der Waals surface area contributed by atoms with Gasteiger partial charge in [0.25, 0.3) is 5.56 Å². The molecular formula is C18H19N3O2. The van der Waals surface area contributed by atoms with E-state index in [0.717, 1.165) is 36.2 Å². The summed E-state index contributed by atoms with van der Waals surface area (Å²) in [6.45, 7) is 6.50. The van der Waals surface area contributed by atoms with Crippen LogP contribution in [0, 0.1) is 12.3 Å². The minimum Gasteiger partial charge on any atom is -0.380 e. The molecule has 1 aliphatic heterocycles. The van der Waals surface area contributed by atoms with Crippen molar-refractivity contribution >= 4 is 10.9 Å². The lowest BCUT2D eigenvalue weighted by molar-refractivity contribution is -0.109. The molecule has 0 atom stereocenters. The molecule has 0 amide bonds. The molecule has 1 N–H and O–H groups in total. The number of aromatic nitrogens is 3. The van der Waals surface area contributed by atoms with Crippen LogP contribution in [0.5, 0.6) is 0 Å². The quantitative estimate of drug-likeness (QED) is 0.809. The summed E-state index contributed by atoms with van der Waals surface area (Å²) in [5.74, 6) is 0.710. The summed E-state index contributed by atoms with van der Waals surface area (Å²) in [6, 6.07) is 7.98. The van der Waals surface area contributed by atoms with Gasteiger partial charge in [0.2, 0.25) is 0 Å². The van der Waals surface area contributed by atoms with Gasteiger partial charge in [-0.05, 0) is 30.0 Å². The number of pyridine rings is 1. The highest BCUT2D eigenvalue weighted by Crippen LogP contribution is 2.30. The molecule has 3 aromatic rings. The molecular weight excluding hydrogens is 290 g/mol. The molecule has 5 nitrogen and oxygen atoms in total. The molecule has 0 radical (unpaired) electrons. The Hall–Kier alpha value is -2.40. The van der Waals surface area contributed by atoms with Gasteiger partial charge >= 0.3 is 0 Å². The van der Waals surface area contributed by atoms with Crippen molar-refractivity contribution in [2.75, 3.05) is 13.2 Å². The van der Waals surface area contributed by atoms with E-state index in [4.69, 9.17) is 4.74 Å². The molecule has 2 aromatic heterocycles. The number of imidazole rings is 1. The number of hydrogen-bond donors (Lipinski definition) is 1. The molecule has 1 aromatic carbocycles. The fraction of sp³-hybridized carbons (Fsp3) is 0.333. The molecule has 4 rings (SSSR count). The number of ether oxygens (including phenoxy) is 1. The third-order valence-electron chi connectivity index (χ3n) is 4.41. The summed E-state index contributed by atoms with van der Waals surface area (Å²) in [6.07, 6.45) is 3.68. The largest absolute Gasteiger partial charge is 0.380 e. The van der Waals surface area contributed by atoms with Gasteiger partial charge in [0.05, 0.1) is 18.8 Å². The number of aromatic amines is 1. The van der Waals surface area contributed by atoms with Crippen molar-refractivity contribution in [3.63, 3.8) is 0 Å². The maximum absolute atomic E-state index is 12.5. The number of benzene rings is 1. The number of rotatable bonds is 3. The fourth-order valence-corrected chi connectivity index (χ4v) is 3.12. The highest BCUT2D eigenvalue weighted by molar-refractivity contribution is 5.82. The van der Waals surface area contributed by atoms with Crippen LogP contribution in [0.3, 0.4) is 0 Å². The fourth-order valence-electron chi connectivity index (χ4n) is 3.12. The lowest BCUT2D eigenvalue weighted by Gasteiger charge is -2.38. The van der Waals surface area contributed by atoms with Gasteiger partial charge < -0.3 is 14.3 Å². The third kappa shape index (κ3) is 2.47. The Bertz CT molecular complexity index is 935. The van der Waals surface area contributed by atoms with Crippen LogP contribution in [0.25, 0.3) is 22.3 Å². The van der Waals surface area contributed by atoms with Gasteiger partial charge in [0.15, 0.2) is 0 Å². The van der Waals surface area contributed by atoms with Gasteiger partial charge in [-0.3, -0.25) is 4.79 Å². The number of aryl methyl sites for hydroxylation is 1. The summed E-state index contributed by atoms with van der Waals surface area (Å²) < 4.78 is 7.37. The minimum absolute atomic E-state index is 0.106. The maximum Gasteiger partial charge on any atom is 0.259 e. The summed E-state index contributed by atoms with van der Waals surface area (Å²) in [4.78, 5) is 19.9. The number of H-pyrrole nitrogens is 1. The zero-order valence-corrected chi connectivity index (χ0v) is 13.3. The second kappa shape index (κ2) is 5.06. The zero-order chi connectivity index (χ0) is 16.0. The summed E-state index contributed by atoms with van der Waals surface area (Å²) in [7, 11) is 0. The van der Waals surface area contributed by atoms with Gasteiger partial charge in [-0.1, -0.05) is 19.1 Å². The van der Waals surface area contributed by atoms with Crippen LogP contribution in [0.1, 0.15) is 12.5 Å². The van der Waals surface area contributed by atoms with Crippen molar-refractivity contribution in [2.45, 2.75) is 20.4 Å². The summed E-state index contributed by atoms with van der Waals surface area (Å²) in [5.41, 5.74) is 2.60. The second-order valence-corrected chi connectivity index (χ2v) is 6.79. The summed E-state index contributed by atoms with van der Waals surface area (Å²) >= 11 is 0. The minimum atomic E-state index is -0.106. The molecule has 0 aliphatic carbocycles. The summed E-state index contributed by atoms with van der Waals surface area (Å²) in [5, 5.41) is 1.01. The zero-order valence-electron chi connectivity index (χ0n) is 13.3. The van der Waals surface area contributed by atoms with E-state index >= 15 is 0 Å². The molecule has 0 unspecified atom stereocenters. The Morgan fingerprint density at radius 3 is 2.91 bits per heavy atom. The van der Waals surface area contributed by atoms with Gasteiger partial charge in [-0.2, -0.15) is 0 Å². The second-order valence-electron chi connectivity index (χ2n) is 6.79. The lowest BCUT2D eigenvalue weighted by atomic mass is 9.88. The molecule has 0 bridgehead atoms. The number of nitrogens with one attached hydrogen (secondary N) is 1. The molecule has 5 heteroatoms. The average molecular weight is 309 g/mol. The molecule has 1 aliphatic rings. The lowest BCUT2D eigenvalue weighted by Crippen LogP contribution is -2.43. The van der Waals surface area contributed by atoms with Gasteiger partial charge in [-0.15, -0.1) is 0 Å². The predicted octanol–water partition coefficient (Wildman–Crippen LogP) is 2.74. The van der Waals surface area contributed by atoms with Crippen molar-refractivity contribution in [1.29, 1.82) is 0 Å². The van der Waals surface area contributed by atoms with Crippen molar-refractivity contribution < 1.29 is 4.74 Å². The Balaban J connectivity index is 1.80. The van der Waals surface area contributed by atoms with Crippen LogP contribution in [0.4, 0.5) is 0 Å². The third-order valence-corrected chi connectivity index (χ3v) is 4.41. The first kappa shape index (κ1) is 14.2. The van der Waals surface area contributed by atoms with E-state index in [1.807, 2.05) is 42.0 Å². The smallest absolute Gasteiger partial charge is 0.259 e. The highest BCUT2D eigenvalue weighted by Gasteiger charge is 2.34. The van der Waals surface area contributed by atoms with Gasteiger partial charge in [-0.25, -0.2) is 4.98 Å². The molecule has 3 heterocycles. The van der Waals surface area contributed by atoms with E-state index in [1.165, 1.54) is 0 Å². The SMILES string of the molecule is Cc1ccc2cc(-c3nccn3CC3(C)COC3)c(=O)[nH]c2c1. The van der Waals surface area contributed by atoms with Gasteiger partial charge in [0, 0.05) is 29.9 Å². The van der Waals surface area contributed by atoms with Crippen LogP contribution in [0.2, 0.25) is 0 Å². The maximum atomic E-state index is 12.5. The molecule has 0 spiro atoms. The van der Waals surface area contributed by atoms with Crippen molar-refractivity contribution in [3.05, 3.63) is 52.6 Å². The van der Waals surface area contributed by atoms with E-state index in [0.29, 0.717) is 11.4 Å². The Morgan fingerprint density at radius 2 is 2.17 bits per heavy atom. The molecule has 118 valence electrons. The monoisotopic (exact) mass is 309 g/mol. The first-order valence-corrected chi connectivity index (χ1v) is 7.77. The Kier molecular flexibility index (Phi) is 3.13. The van der Waals surface area contributed by atoms with Crippen molar-refractivity contribution in [1.82, 2.24) is 14.5 Å². The van der Waals surface area contributed by atoms with Crippen LogP contribution in [-0.4, -0.2) is 27.7 Å². The van der Waals surface area contributed by atoms with E-state index in [9.17, 15) is 4.79 Å². The number of nitrogens with zero attached hydrogens (tertiary/aromatic N) is 2. The van der Waals surface area contributed by atoms with Crippen molar-refractivity contribution in [3.8, 4) is 11.4 Å². The van der Waals surface area contributed by atoms with Gasteiger partial charge in [0.1, 0.15) is 5.82 Å². The molecule has 1 saturated heterocycles. The standard InChI is InChI=1S/C18H19N3O2/c1-12-3-4-13-8-14(17(22)20-15(13)7-12)16-19-5-6-21(16)9-18(2)10-23-11-18/h3-8H,9-11H2,1-2H3,(H,20,22). The number of fused-ring (bicyclic) bond motifs is 1. The van der Waals surface area contributed by atoms with Crippen LogP contribution in [0.15, 0.2) is 41.5 Å². The van der Waals surface area contributed by atoms with Crippen LogP contribution >= 0.6 is 0 Å². The topological polar surface area (TPSA) is 59.9 Å². The van der Waals surface area contributed by atoms with Crippen molar-refractivity contribution in [2.24, 2.45) is 5.41 Å². The normalized spacial score (nSPS) is 16.4. The Morgan fingerprint density at radius 1 is 1.35 bits per heavy atom. The molecule has 23 heavy (non-hydrogen) atoms. The first-order chi connectivity index (χ1) is 11.0. The highest BCUT2D eigenvalue weighted by atomic mass is 16.5. The van der Waals surface area contributed by atoms with Crippen LogP contribution in [-0.2, 0) is 11.3 Å². The van der Waals surface area contributed by atoms with E-state index in [2.05, 4.69) is 16.9 Å². The number of hydrogen-bond acceptors (Lipinski definition) is 3. The van der Waals surface area contributed by atoms with E-state index in [-0.39, 0.29) is 11.0 Å². The molecule has 0 saturated carbocycles. The molecule has 1 fully saturated rings. The average Bonchev–Trinajstić information content (AvgIpc) is 2.92. The first-order valence-electron chi connectivity index (χ1n) is 7.77. The predicted molar refractivity (Wildman–Crippen MR) is 89.5 cm³/mol. The van der Waals surface area contributed by atoms with Crippen LogP contribution < -0.4 is 5.56 Å². The van der Waals surface area contributed by atoms with E-state index in [1.54, 1.807) is 6.20 Å². The Labute approximate surface area is 133 Å². The van der Waals surface area contributed by atoms with E-state index < -0.39 is 0 Å².